The summed E-state index contributed by atoms with van der Waals surface area (Å²) in [7, 11) is -1.07. The van der Waals surface area contributed by atoms with Crippen molar-refractivity contribution in [2.45, 2.75) is 92.3 Å². The van der Waals surface area contributed by atoms with Gasteiger partial charge in [-0.05, 0) is 25.5 Å². The quantitative estimate of drug-likeness (QED) is 0.144. The fraction of sp³-hybridized carbons (Fsp3) is 0.385. The Labute approximate surface area is 269 Å². The average Bonchev–Trinajstić information content (AvgIpc) is 3.44. The van der Waals surface area contributed by atoms with E-state index in [9.17, 15) is 0 Å². The maximum absolute atomic E-state index is 3.53. The Morgan fingerprint density at radius 3 is 1.80 bits per heavy atom. The van der Waals surface area contributed by atoms with Gasteiger partial charge in [-0.3, -0.25) is 6.08 Å². The van der Waals surface area contributed by atoms with Gasteiger partial charge in [0.05, 0.1) is 0 Å². The number of hydrogen-bond acceptors (Lipinski definition) is 0. The van der Waals surface area contributed by atoms with Crippen molar-refractivity contribution in [1.29, 1.82) is 0 Å². The summed E-state index contributed by atoms with van der Waals surface area (Å²) in [5.74, 6) is 0.553. The smallest absolute Gasteiger partial charge is 0.171 e. The maximum Gasteiger partial charge on any atom is -0.171 e. The van der Waals surface area contributed by atoms with E-state index in [4.69, 9.17) is 0 Å². The topological polar surface area (TPSA) is 0 Å². The molecule has 2 heteroatoms. The molecule has 3 aromatic carbocycles. The third-order valence-corrected chi connectivity index (χ3v) is 9.36. The van der Waals surface area contributed by atoms with E-state index in [0.717, 1.165) is 6.42 Å². The molecule has 0 saturated heterocycles. The molecular formula is C39H52SiZr-4. The second-order valence-corrected chi connectivity index (χ2v) is 18.8. The van der Waals surface area contributed by atoms with Crippen molar-refractivity contribution in [2.24, 2.45) is 5.92 Å². The molecule has 0 aliphatic heterocycles. The van der Waals surface area contributed by atoms with E-state index < -0.39 is 8.07 Å². The molecule has 5 rings (SSSR count). The molecule has 2 aliphatic carbocycles. The Morgan fingerprint density at radius 1 is 0.854 bits per heavy atom. The molecule has 0 N–H and O–H groups in total. The van der Waals surface area contributed by atoms with Crippen molar-refractivity contribution in [1.82, 2.24) is 0 Å². The molecule has 220 valence electrons. The summed E-state index contributed by atoms with van der Waals surface area (Å²) in [6, 6.07) is 27.6. The predicted molar refractivity (Wildman–Crippen MR) is 183 cm³/mol. The third kappa shape index (κ3) is 10.7. The second-order valence-electron chi connectivity index (χ2n) is 13.8. The second kappa shape index (κ2) is 15.5. The molecule has 0 bridgehead atoms. The summed E-state index contributed by atoms with van der Waals surface area (Å²) >= 11 is 1.30. The van der Waals surface area contributed by atoms with Crippen molar-refractivity contribution < 1.29 is 24.2 Å². The van der Waals surface area contributed by atoms with Crippen LogP contribution in [0.1, 0.15) is 77.6 Å². The van der Waals surface area contributed by atoms with Crippen LogP contribution in [-0.2, 0) is 41.5 Å². The van der Waals surface area contributed by atoms with E-state index in [2.05, 4.69) is 134 Å². The zero-order valence-electron chi connectivity index (χ0n) is 27.8. The first-order chi connectivity index (χ1) is 18.6. The Bertz CT molecular complexity index is 1220. The van der Waals surface area contributed by atoms with Crippen LogP contribution < -0.4 is 0 Å². The van der Waals surface area contributed by atoms with Gasteiger partial charge in [-0.15, -0.1) is 5.56 Å². The minimum Gasteiger partial charge on any atom is -0.358 e. The van der Waals surface area contributed by atoms with Gasteiger partial charge < -0.3 is 7.43 Å². The van der Waals surface area contributed by atoms with Crippen molar-refractivity contribution >= 4 is 12.3 Å². The third-order valence-electron chi connectivity index (χ3n) is 7.21. The Balaban J connectivity index is 0.000000351. The van der Waals surface area contributed by atoms with Crippen LogP contribution in [-0.4, -0.2) is 12.3 Å². The fourth-order valence-corrected chi connectivity index (χ4v) is 6.92. The largest absolute Gasteiger partial charge is 0.358 e. The molecular weight excluding hydrogens is 588 g/mol. The van der Waals surface area contributed by atoms with Gasteiger partial charge in [-0.1, -0.05) is 116 Å². The molecule has 0 saturated carbocycles. The van der Waals surface area contributed by atoms with Gasteiger partial charge in [-0.2, -0.15) is 71.8 Å². The molecule has 2 aliphatic rings. The molecule has 0 radical (unpaired) electrons. The molecule has 0 aromatic heterocycles. The maximum atomic E-state index is 3.53. The number of allylic oxidation sites excluding steroid dienone is 4. The first-order valence-electron chi connectivity index (χ1n) is 14.4. The monoisotopic (exact) mass is 638 g/mol. The van der Waals surface area contributed by atoms with Gasteiger partial charge in [0.1, 0.15) is 0 Å². The van der Waals surface area contributed by atoms with E-state index >= 15 is 0 Å². The Kier molecular flexibility index (Phi) is 14.1. The molecule has 3 aromatic rings. The number of fused-ring (bicyclic) bond motifs is 3. The summed E-state index contributed by atoms with van der Waals surface area (Å²) < 4.78 is 3.34. The molecule has 1 unspecified atom stereocenters. The van der Waals surface area contributed by atoms with E-state index in [1.54, 1.807) is 5.20 Å². The average molecular weight is 640 g/mol. The minimum absolute atomic E-state index is 0. The van der Waals surface area contributed by atoms with Crippen LogP contribution in [0.5, 0.6) is 0 Å². The van der Waals surface area contributed by atoms with Gasteiger partial charge in [0.25, 0.3) is 0 Å². The molecule has 0 spiro atoms. The van der Waals surface area contributed by atoms with Crippen LogP contribution in [0.4, 0.5) is 0 Å². The van der Waals surface area contributed by atoms with Gasteiger partial charge in [0.15, 0.2) is 0 Å². The predicted octanol–water partition coefficient (Wildman–Crippen LogP) is 10.7. The van der Waals surface area contributed by atoms with Crippen molar-refractivity contribution in [3.8, 4) is 11.1 Å². The van der Waals surface area contributed by atoms with Crippen LogP contribution in [0.25, 0.3) is 11.1 Å². The van der Waals surface area contributed by atoms with E-state index in [1.165, 1.54) is 63.2 Å². The van der Waals surface area contributed by atoms with Gasteiger partial charge in [-0.25, -0.2) is 10.8 Å². The first-order valence-corrected chi connectivity index (χ1v) is 19.6. The van der Waals surface area contributed by atoms with E-state index in [1.807, 2.05) is 30.3 Å². The van der Waals surface area contributed by atoms with Gasteiger partial charge >= 0.3 is 28.4 Å². The zero-order chi connectivity index (χ0) is 30.3. The minimum atomic E-state index is -1.07. The molecule has 0 heterocycles. The summed E-state index contributed by atoms with van der Waals surface area (Å²) in [5, 5.41) is 1.60. The van der Waals surface area contributed by atoms with Crippen LogP contribution in [0, 0.1) is 31.6 Å². The molecule has 1 atom stereocenters. The van der Waals surface area contributed by atoms with Crippen LogP contribution in [0.15, 0.2) is 77.5 Å². The Hall–Kier alpha value is -1.89. The normalized spacial score (nSPS) is 15.1. The van der Waals surface area contributed by atoms with Crippen LogP contribution in [0.3, 0.4) is 0 Å². The van der Waals surface area contributed by atoms with Crippen molar-refractivity contribution in [3.63, 3.8) is 0 Å². The first kappa shape index (κ1) is 37.1. The molecule has 0 nitrogen and oxygen atoms in total. The molecule has 0 amide bonds. The summed E-state index contributed by atoms with van der Waals surface area (Å²) in [6.45, 7) is 25.2. The molecule has 0 fully saturated rings. The number of hydrogen-bond donors (Lipinski definition) is 0. The van der Waals surface area contributed by atoms with Crippen molar-refractivity contribution in [3.05, 3.63) is 125 Å². The van der Waals surface area contributed by atoms with Crippen LogP contribution in [0.2, 0.25) is 19.6 Å². The van der Waals surface area contributed by atoms with Gasteiger partial charge in [0, 0.05) is 0 Å². The van der Waals surface area contributed by atoms with Crippen LogP contribution >= 0.6 is 0 Å². The summed E-state index contributed by atoms with van der Waals surface area (Å²) in [4.78, 5) is 0. The zero-order valence-corrected chi connectivity index (χ0v) is 31.3. The fourth-order valence-electron chi connectivity index (χ4n) is 4.98. The summed E-state index contributed by atoms with van der Waals surface area (Å²) in [5.41, 5.74) is 10.2. The standard InChI is InChI=1S/C21H25.C10H17Si.C6H5.CH3.CH2.Zr/c1-20(2,3)16-9-7-14-11-15-8-10-17(21(4,5)6)13-19(15)18(14)12-16;1-8-6-9(2)10(7-8)11(3,4)5;1-2-4-6-5-3-1;;;/h7,9-10,12-13H,11H2,1-6H3;7-8H,1-5H3;1-5H;1H3;1H2;/q4*-1;;. The Morgan fingerprint density at radius 2 is 1.41 bits per heavy atom. The number of rotatable bonds is 1. The van der Waals surface area contributed by atoms with Gasteiger partial charge in [0.2, 0.25) is 0 Å². The summed E-state index contributed by atoms with van der Waals surface area (Å²) in [6.07, 6.45) is 6.84. The van der Waals surface area contributed by atoms with E-state index in [0.29, 0.717) is 5.92 Å². The number of benzene rings is 3. The SMILES string of the molecule is CC(C)(C)c1c[c-]c2c(c1)-c1cc(C(C)(C)C)ccc1C2.CC1=[C-]C(C)C=C1[Si](C)(C)C.[CH2]=[Zr].[CH3-].[c-]1ccccc1. The van der Waals surface area contributed by atoms with E-state index in [-0.39, 0.29) is 18.3 Å². The molecule has 41 heavy (non-hydrogen) atoms. The van der Waals surface area contributed by atoms with Crippen molar-refractivity contribution in [2.75, 3.05) is 0 Å².